The second-order valence-electron chi connectivity index (χ2n) is 7.04. The number of benzene rings is 1. The highest BCUT2D eigenvalue weighted by molar-refractivity contribution is 5.94. The number of hydrazone groups is 1. The molecule has 1 aromatic carbocycles. The van der Waals surface area contributed by atoms with Crippen LogP contribution in [0.2, 0.25) is 0 Å². The summed E-state index contributed by atoms with van der Waals surface area (Å²) in [4.78, 5) is 11.9. The van der Waals surface area contributed by atoms with Crippen molar-refractivity contribution in [3.8, 4) is 0 Å². The molecule has 4 aliphatic rings. The zero-order valence-electron chi connectivity index (χ0n) is 12.5. The minimum atomic E-state index is -0.470. The Morgan fingerprint density at radius 1 is 1.14 bits per heavy atom. The molecule has 0 aliphatic heterocycles. The van der Waals surface area contributed by atoms with Crippen molar-refractivity contribution in [1.82, 2.24) is 5.43 Å². The number of aliphatic hydroxyl groups is 1. The molecule has 4 aliphatic carbocycles. The first kappa shape index (κ1) is 13.8. The van der Waals surface area contributed by atoms with Crippen molar-refractivity contribution in [1.29, 1.82) is 0 Å². The molecule has 116 valence electrons. The van der Waals surface area contributed by atoms with Gasteiger partial charge in [-0.3, -0.25) is 0 Å². The summed E-state index contributed by atoms with van der Waals surface area (Å²) in [5.41, 5.74) is 3.99. The molecular weight excluding hydrogens is 278 g/mol. The van der Waals surface area contributed by atoms with Crippen molar-refractivity contribution in [2.24, 2.45) is 22.9 Å². The molecule has 22 heavy (non-hydrogen) atoms. The van der Waals surface area contributed by atoms with Gasteiger partial charge in [0, 0.05) is 23.2 Å². The molecule has 0 saturated heterocycles. The average molecular weight is 299 g/mol. The third-order valence-corrected chi connectivity index (χ3v) is 5.31. The van der Waals surface area contributed by atoms with Gasteiger partial charge < -0.3 is 10.4 Å². The lowest BCUT2D eigenvalue weighted by Crippen LogP contribution is -2.55. The number of para-hydroxylation sites is 1. The van der Waals surface area contributed by atoms with Crippen LogP contribution >= 0.6 is 0 Å². The van der Waals surface area contributed by atoms with Crippen LogP contribution in [0, 0.1) is 17.8 Å². The zero-order chi connectivity index (χ0) is 15.2. The van der Waals surface area contributed by atoms with Crippen LogP contribution < -0.4 is 10.7 Å². The zero-order valence-corrected chi connectivity index (χ0v) is 12.5. The summed E-state index contributed by atoms with van der Waals surface area (Å²) in [6.45, 7) is 0. The summed E-state index contributed by atoms with van der Waals surface area (Å²) in [6, 6.07) is 9.02. The molecule has 0 unspecified atom stereocenters. The first-order chi connectivity index (χ1) is 10.6. The molecule has 2 atom stereocenters. The van der Waals surface area contributed by atoms with Crippen molar-refractivity contribution in [3.63, 3.8) is 0 Å². The van der Waals surface area contributed by atoms with Gasteiger partial charge in [-0.1, -0.05) is 18.2 Å². The number of nitrogens with one attached hydrogen (secondary N) is 2. The number of carbonyl (C=O) groups is 1. The third kappa shape index (κ3) is 2.50. The van der Waals surface area contributed by atoms with Crippen LogP contribution in [0.25, 0.3) is 0 Å². The van der Waals surface area contributed by atoms with Crippen LogP contribution in [-0.2, 0) is 0 Å². The Kier molecular flexibility index (Phi) is 3.18. The molecule has 4 fully saturated rings. The van der Waals surface area contributed by atoms with E-state index in [-0.39, 0.29) is 6.03 Å². The maximum atomic E-state index is 11.9. The Hall–Kier alpha value is -1.88. The molecule has 0 heterocycles. The van der Waals surface area contributed by atoms with E-state index in [1.807, 2.05) is 30.3 Å². The van der Waals surface area contributed by atoms with Crippen LogP contribution in [0.4, 0.5) is 10.5 Å². The largest absolute Gasteiger partial charge is 0.390 e. The number of anilines is 1. The quantitative estimate of drug-likeness (QED) is 0.735. The fourth-order valence-corrected chi connectivity index (χ4v) is 4.70. The molecule has 4 bridgehead atoms. The van der Waals surface area contributed by atoms with E-state index in [4.69, 9.17) is 0 Å². The van der Waals surface area contributed by atoms with Gasteiger partial charge in [-0.25, -0.2) is 10.2 Å². The summed E-state index contributed by atoms with van der Waals surface area (Å²) in [5.74, 6) is 1.32. The molecule has 1 aromatic rings. The topological polar surface area (TPSA) is 73.7 Å². The molecule has 3 N–H and O–H groups in total. The Morgan fingerprint density at radius 3 is 2.45 bits per heavy atom. The lowest BCUT2D eigenvalue weighted by Gasteiger charge is -2.54. The molecule has 5 nitrogen and oxygen atoms in total. The molecule has 0 spiro atoms. The maximum absolute atomic E-state index is 11.9. The number of carbonyl (C=O) groups excluding carboxylic acids is 1. The van der Waals surface area contributed by atoms with Gasteiger partial charge in [0.2, 0.25) is 0 Å². The lowest BCUT2D eigenvalue weighted by atomic mass is 9.53. The van der Waals surface area contributed by atoms with Gasteiger partial charge in [0.1, 0.15) is 0 Å². The van der Waals surface area contributed by atoms with Crippen LogP contribution in [0.1, 0.15) is 32.1 Å². The number of nitrogens with zero attached hydrogens (tertiary/aromatic N) is 1. The van der Waals surface area contributed by atoms with Gasteiger partial charge in [-0.15, -0.1) is 0 Å². The summed E-state index contributed by atoms with van der Waals surface area (Å²) in [5, 5.41) is 17.7. The Bertz CT molecular complexity index is 596. The van der Waals surface area contributed by atoms with Crippen molar-refractivity contribution < 1.29 is 9.90 Å². The summed E-state index contributed by atoms with van der Waals surface area (Å²) in [6.07, 6.45) is 4.79. The fraction of sp³-hybridized carbons (Fsp3) is 0.529. The van der Waals surface area contributed by atoms with Gasteiger partial charge in [0.15, 0.2) is 0 Å². The van der Waals surface area contributed by atoms with Gasteiger partial charge in [-0.2, -0.15) is 5.10 Å². The Labute approximate surface area is 129 Å². The average Bonchev–Trinajstić information content (AvgIpc) is 2.45. The van der Waals surface area contributed by atoms with Gasteiger partial charge in [0.25, 0.3) is 0 Å². The highest BCUT2D eigenvalue weighted by Crippen LogP contribution is 2.54. The van der Waals surface area contributed by atoms with E-state index >= 15 is 0 Å². The second kappa shape index (κ2) is 5.09. The van der Waals surface area contributed by atoms with E-state index in [0.29, 0.717) is 17.8 Å². The normalized spacial score (nSPS) is 35.3. The van der Waals surface area contributed by atoms with Crippen LogP contribution in [0.15, 0.2) is 35.4 Å². The van der Waals surface area contributed by atoms with Gasteiger partial charge >= 0.3 is 6.03 Å². The predicted octanol–water partition coefficient (Wildman–Crippen LogP) is 2.74. The molecule has 0 aromatic heterocycles. The van der Waals surface area contributed by atoms with Crippen molar-refractivity contribution in [3.05, 3.63) is 30.3 Å². The van der Waals surface area contributed by atoms with Gasteiger partial charge in [0.05, 0.1) is 5.60 Å². The number of hydrogen-bond acceptors (Lipinski definition) is 3. The summed E-state index contributed by atoms with van der Waals surface area (Å²) < 4.78 is 0. The smallest absolute Gasteiger partial charge is 0.339 e. The van der Waals surface area contributed by atoms with E-state index in [0.717, 1.165) is 43.5 Å². The molecular formula is C17H21N3O2. The molecule has 4 saturated carbocycles. The summed E-state index contributed by atoms with van der Waals surface area (Å²) >= 11 is 0. The van der Waals surface area contributed by atoms with E-state index in [9.17, 15) is 9.90 Å². The molecule has 5 rings (SSSR count). The third-order valence-electron chi connectivity index (χ3n) is 5.31. The van der Waals surface area contributed by atoms with Crippen molar-refractivity contribution in [2.75, 3.05) is 5.32 Å². The van der Waals surface area contributed by atoms with Gasteiger partial charge in [-0.05, 0) is 50.2 Å². The van der Waals surface area contributed by atoms with E-state index in [2.05, 4.69) is 15.8 Å². The van der Waals surface area contributed by atoms with Crippen molar-refractivity contribution in [2.45, 2.75) is 37.7 Å². The first-order valence-electron chi connectivity index (χ1n) is 8.03. The van der Waals surface area contributed by atoms with E-state index in [1.165, 1.54) is 0 Å². The highest BCUT2D eigenvalue weighted by Gasteiger charge is 2.53. The minimum absolute atomic E-state index is 0.314. The Balaban J connectivity index is 1.42. The number of amides is 2. The maximum Gasteiger partial charge on any atom is 0.339 e. The van der Waals surface area contributed by atoms with E-state index in [1.54, 1.807) is 0 Å². The fourth-order valence-electron chi connectivity index (χ4n) is 4.70. The predicted molar refractivity (Wildman–Crippen MR) is 84.5 cm³/mol. The molecule has 2 amide bonds. The van der Waals surface area contributed by atoms with Crippen molar-refractivity contribution >= 4 is 17.4 Å². The number of rotatable bonds is 2. The second-order valence-corrected chi connectivity index (χ2v) is 7.04. The Morgan fingerprint density at radius 2 is 1.82 bits per heavy atom. The van der Waals surface area contributed by atoms with Crippen LogP contribution in [0.5, 0.6) is 0 Å². The van der Waals surface area contributed by atoms with E-state index < -0.39 is 5.60 Å². The highest BCUT2D eigenvalue weighted by atomic mass is 16.3. The first-order valence-corrected chi connectivity index (χ1v) is 8.03. The minimum Gasteiger partial charge on any atom is -0.390 e. The SMILES string of the molecule is O=C(NN=C1[C@H]2CC3C[C@H]1CC(O)(C3)C2)Nc1ccccc1. The van der Waals surface area contributed by atoms with Crippen LogP contribution in [0.3, 0.4) is 0 Å². The van der Waals surface area contributed by atoms with Crippen LogP contribution in [-0.4, -0.2) is 22.5 Å². The standard InChI is InChI=1S/C17H21N3O2/c21-16(18-14-4-2-1-3-5-14)20-19-15-12-6-11-7-13(15)10-17(22,8-11)9-12/h1-5,11-13,22H,6-10H2,(H2,18,20,21)/t11?,12-,13-,17?/m0/s1. The number of hydrogen-bond donors (Lipinski definition) is 3. The monoisotopic (exact) mass is 299 g/mol. The summed E-state index contributed by atoms with van der Waals surface area (Å²) in [7, 11) is 0. The molecule has 0 radical (unpaired) electrons. The molecule has 5 heteroatoms. The lowest BCUT2D eigenvalue weighted by molar-refractivity contribution is -0.0825. The number of urea groups is 1.